The van der Waals surface area contributed by atoms with Crippen molar-refractivity contribution in [1.82, 2.24) is 9.55 Å². The Kier molecular flexibility index (Phi) is 6.90. The predicted octanol–water partition coefficient (Wildman–Crippen LogP) is 7.22. The molecule has 0 fully saturated rings. The van der Waals surface area contributed by atoms with Gasteiger partial charge in [0.2, 0.25) is 0 Å². The molecule has 0 amide bonds. The zero-order chi connectivity index (χ0) is 18.2. The number of aromatic nitrogens is 2. The summed E-state index contributed by atoms with van der Waals surface area (Å²) >= 11 is 5.97. The molecular formula is C23H27ClN2. The first kappa shape index (κ1) is 18.7. The van der Waals surface area contributed by atoms with Crippen molar-refractivity contribution in [1.29, 1.82) is 0 Å². The standard InChI is InChI=1S/C23H27ClN2/c1-2-3-4-5-6-9-18-26-22-11-8-7-10-21(22)25-23(26)17-14-19-12-15-20(24)16-13-19/h7-8,10-17H,2-6,9,18H2,1H3/b17-14+. The second-order valence-corrected chi connectivity index (χ2v) is 7.20. The van der Waals surface area contributed by atoms with Gasteiger partial charge in [0.1, 0.15) is 5.82 Å². The van der Waals surface area contributed by atoms with Crippen LogP contribution in [0.25, 0.3) is 23.2 Å². The maximum Gasteiger partial charge on any atom is 0.133 e. The van der Waals surface area contributed by atoms with E-state index < -0.39 is 0 Å². The largest absolute Gasteiger partial charge is 0.324 e. The molecule has 1 heterocycles. The molecular weight excluding hydrogens is 340 g/mol. The monoisotopic (exact) mass is 366 g/mol. The Hall–Kier alpha value is -2.06. The average molecular weight is 367 g/mol. The Morgan fingerprint density at radius 2 is 1.62 bits per heavy atom. The van der Waals surface area contributed by atoms with Crippen molar-refractivity contribution < 1.29 is 0 Å². The minimum absolute atomic E-state index is 0.762. The van der Waals surface area contributed by atoms with Gasteiger partial charge in [0, 0.05) is 11.6 Å². The minimum atomic E-state index is 0.762. The summed E-state index contributed by atoms with van der Waals surface area (Å²) in [4.78, 5) is 4.82. The molecule has 0 atom stereocenters. The number of rotatable bonds is 9. The van der Waals surface area contributed by atoms with E-state index in [1.54, 1.807) is 0 Å². The SMILES string of the molecule is CCCCCCCCn1c(/C=C/c2ccc(Cl)cc2)nc2ccccc21. The summed E-state index contributed by atoms with van der Waals surface area (Å²) in [6, 6.07) is 16.3. The lowest BCUT2D eigenvalue weighted by atomic mass is 10.1. The maximum atomic E-state index is 5.97. The van der Waals surface area contributed by atoms with E-state index in [-0.39, 0.29) is 0 Å². The molecule has 0 bridgehead atoms. The van der Waals surface area contributed by atoms with Gasteiger partial charge in [-0.2, -0.15) is 0 Å². The second kappa shape index (κ2) is 9.59. The third-order valence-electron chi connectivity index (χ3n) is 4.71. The van der Waals surface area contributed by atoms with E-state index in [1.165, 1.54) is 44.0 Å². The fourth-order valence-electron chi connectivity index (χ4n) is 3.25. The van der Waals surface area contributed by atoms with Crippen molar-refractivity contribution in [2.45, 2.75) is 52.0 Å². The predicted molar refractivity (Wildman–Crippen MR) is 113 cm³/mol. The Morgan fingerprint density at radius 1 is 0.885 bits per heavy atom. The number of halogens is 1. The molecule has 1 aromatic heterocycles. The van der Waals surface area contributed by atoms with Gasteiger partial charge in [-0.1, -0.05) is 81.0 Å². The lowest BCUT2D eigenvalue weighted by molar-refractivity contribution is 0.562. The lowest BCUT2D eigenvalue weighted by Crippen LogP contribution is -2.00. The zero-order valence-electron chi connectivity index (χ0n) is 15.5. The van der Waals surface area contributed by atoms with Crippen molar-refractivity contribution in [3.63, 3.8) is 0 Å². The molecule has 0 aliphatic heterocycles. The Bertz CT molecular complexity index is 846. The van der Waals surface area contributed by atoms with Gasteiger partial charge in [0.05, 0.1) is 11.0 Å². The number of para-hydroxylation sites is 2. The van der Waals surface area contributed by atoms with E-state index in [0.29, 0.717) is 0 Å². The smallest absolute Gasteiger partial charge is 0.133 e. The molecule has 0 spiro atoms. The van der Waals surface area contributed by atoms with Gasteiger partial charge in [-0.25, -0.2) is 4.98 Å². The van der Waals surface area contributed by atoms with Gasteiger partial charge < -0.3 is 4.57 Å². The number of hydrogen-bond donors (Lipinski definition) is 0. The summed E-state index contributed by atoms with van der Waals surface area (Å²) < 4.78 is 2.35. The van der Waals surface area contributed by atoms with Gasteiger partial charge in [0.25, 0.3) is 0 Å². The van der Waals surface area contributed by atoms with Crippen molar-refractivity contribution in [3.8, 4) is 0 Å². The van der Waals surface area contributed by atoms with Gasteiger partial charge in [-0.05, 0) is 42.3 Å². The number of benzene rings is 2. The van der Waals surface area contributed by atoms with E-state index in [2.05, 4.69) is 47.9 Å². The molecule has 0 aliphatic rings. The summed E-state index contributed by atoms with van der Waals surface area (Å²) in [6.07, 6.45) is 12.0. The van der Waals surface area contributed by atoms with E-state index in [1.807, 2.05) is 24.3 Å². The van der Waals surface area contributed by atoms with Crippen LogP contribution in [0.15, 0.2) is 48.5 Å². The van der Waals surface area contributed by atoms with E-state index in [9.17, 15) is 0 Å². The van der Waals surface area contributed by atoms with Crippen LogP contribution in [-0.2, 0) is 6.54 Å². The molecule has 3 aromatic rings. The highest BCUT2D eigenvalue weighted by atomic mass is 35.5. The average Bonchev–Trinajstić information content (AvgIpc) is 3.02. The first-order valence-electron chi connectivity index (χ1n) is 9.67. The second-order valence-electron chi connectivity index (χ2n) is 6.76. The molecule has 2 aromatic carbocycles. The van der Waals surface area contributed by atoms with Crippen LogP contribution in [0.4, 0.5) is 0 Å². The molecule has 0 saturated carbocycles. The first-order chi connectivity index (χ1) is 12.8. The molecule has 0 saturated heterocycles. The van der Waals surface area contributed by atoms with Crippen LogP contribution < -0.4 is 0 Å². The normalized spacial score (nSPS) is 11.6. The minimum Gasteiger partial charge on any atom is -0.324 e. The Labute approximate surface area is 161 Å². The maximum absolute atomic E-state index is 5.97. The molecule has 0 N–H and O–H groups in total. The molecule has 3 heteroatoms. The molecule has 0 aliphatic carbocycles. The van der Waals surface area contributed by atoms with Gasteiger partial charge in [-0.15, -0.1) is 0 Å². The van der Waals surface area contributed by atoms with Gasteiger partial charge in [-0.3, -0.25) is 0 Å². The molecule has 0 unspecified atom stereocenters. The molecule has 0 radical (unpaired) electrons. The summed E-state index contributed by atoms with van der Waals surface area (Å²) in [5.74, 6) is 1.02. The quantitative estimate of drug-likeness (QED) is 0.365. The molecule has 3 rings (SSSR count). The van der Waals surface area contributed by atoms with E-state index >= 15 is 0 Å². The number of fused-ring (bicyclic) bond motifs is 1. The van der Waals surface area contributed by atoms with Gasteiger partial charge >= 0.3 is 0 Å². The number of unbranched alkanes of at least 4 members (excludes halogenated alkanes) is 5. The number of hydrogen-bond acceptors (Lipinski definition) is 1. The van der Waals surface area contributed by atoms with Crippen LogP contribution in [0.1, 0.15) is 56.8 Å². The fraction of sp³-hybridized carbons (Fsp3) is 0.348. The first-order valence-corrected chi connectivity index (χ1v) is 10.0. The van der Waals surface area contributed by atoms with Crippen molar-refractivity contribution >= 4 is 34.8 Å². The van der Waals surface area contributed by atoms with Crippen LogP contribution in [0.2, 0.25) is 5.02 Å². The van der Waals surface area contributed by atoms with Gasteiger partial charge in [0.15, 0.2) is 0 Å². The van der Waals surface area contributed by atoms with Crippen LogP contribution in [0, 0.1) is 0 Å². The summed E-state index contributed by atoms with van der Waals surface area (Å²) in [5, 5.41) is 0.762. The highest BCUT2D eigenvalue weighted by molar-refractivity contribution is 6.30. The third-order valence-corrected chi connectivity index (χ3v) is 4.97. The highest BCUT2D eigenvalue weighted by Gasteiger charge is 2.07. The van der Waals surface area contributed by atoms with Crippen molar-refractivity contribution in [2.75, 3.05) is 0 Å². The van der Waals surface area contributed by atoms with Crippen molar-refractivity contribution in [3.05, 3.63) is 64.9 Å². The van der Waals surface area contributed by atoms with E-state index in [4.69, 9.17) is 16.6 Å². The topological polar surface area (TPSA) is 17.8 Å². The van der Waals surface area contributed by atoms with Crippen LogP contribution in [-0.4, -0.2) is 9.55 Å². The van der Waals surface area contributed by atoms with E-state index in [0.717, 1.165) is 28.5 Å². The highest BCUT2D eigenvalue weighted by Crippen LogP contribution is 2.20. The number of imidazole rings is 1. The third kappa shape index (κ3) is 4.98. The Morgan fingerprint density at radius 3 is 2.42 bits per heavy atom. The van der Waals surface area contributed by atoms with Crippen LogP contribution in [0.3, 0.4) is 0 Å². The lowest BCUT2D eigenvalue weighted by Gasteiger charge is -2.07. The molecule has 2 nitrogen and oxygen atoms in total. The fourth-order valence-corrected chi connectivity index (χ4v) is 3.38. The van der Waals surface area contributed by atoms with Crippen LogP contribution in [0.5, 0.6) is 0 Å². The molecule has 136 valence electrons. The zero-order valence-corrected chi connectivity index (χ0v) is 16.3. The summed E-state index contributed by atoms with van der Waals surface area (Å²) in [6.45, 7) is 3.28. The summed E-state index contributed by atoms with van der Waals surface area (Å²) in [5.41, 5.74) is 3.42. The van der Waals surface area contributed by atoms with Crippen molar-refractivity contribution in [2.24, 2.45) is 0 Å². The molecule has 26 heavy (non-hydrogen) atoms. The van der Waals surface area contributed by atoms with Crippen LogP contribution >= 0.6 is 11.6 Å². The number of nitrogens with zero attached hydrogens (tertiary/aromatic N) is 2. The number of aryl methyl sites for hydroxylation is 1. The Balaban J connectivity index is 1.74. The summed E-state index contributed by atoms with van der Waals surface area (Å²) in [7, 11) is 0.